The molecule has 1 aliphatic heterocycles. The first kappa shape index (κ1) is 18.2. The number of nitrogens with zero attached hydrogens (tertiary/aromatic N) is 1. The summed E-state index contributed by atoms with van der Waals surface area (Å²) in [4.78, 5) is 37.8. The predicted molar refractivity (Wildman–Crippen MR) is 104 cm³/mol. The van der Waals surface area contributed by atoms with Gasteiger partial charge in [-0.2, -0.15) is 5.01 Å². The van der Waals surface area contributed by atoms with E-state index >= 15 is 0 Å². The minimum Gasteiger partial charge on any atom is -0.322 e. The Balaban J connectivity index is 1.44. The van der Waals surface area contributed by atoms with Crippen molar-refractivity contribution in [1.29, 1.82) is 0 Å². The van der Waals surface area contributed by atoms with Gasteiger partial charge in [-0.15, -0.1) is 0 Å². The van der Waals surface area contributed by atoms with Gasteiger partial charge in [0.2, 0.25) is 0 Å². The molecule has 1 atom stereocenters. The molecule has 0 aromatic heterocycles. The van der Waals surface area contributed by atoms with Crippen LogP contribution in [-0.4, -0.2) is 28.4 Å². The molecule has 2 N–H and O–H groups in total. The molecule has 28 heavy (non-hydrogen) atoms. The SMILES string of the molecule is C[C@]1(CCc2ccccc2)NC(=O)N(NC(=O)c2ccc3c(c2)CCC3)C1=O. The van der Waals surface area contributed by atoms with Gasteiger partial charge < -0.3 is 5.32 Å². The number of hydrazine groups is 1. The van der Waals surface area contributed by atoms with Gasteiger partial charge in [0, 0.05) is 5.56 Å². The normalized spacial score (nSPS) is 20.8. The second-order valence-corrected chi connectivity index (χ2v) is 7.67. The summed E-state index contributed by atoms with van der Waals surface area (Å²) < 4.78 is 0. The van der Waals surface area contributed by atoms with Crippen LogP contribution in [0.1, 0.15) is 46.8 Å². The number of rotatable bonds is 5. The first-order chi connectivity index (χ1) is 13.5. The Morgan fingerprint density at radius 3 is 2.64 bits per heavy atom. The van der Waals surface area contributed by atoms with Gasteiger partial charge in [-0.3, -0.25) is 15.0 Å². The van der Waals surface area contributed by atoms with Crippen LogP contribution in [0, 0.1) is 0 Å². The van der Waals surface area contributed by atoms with E-state index in [4.69, 9.17) is 0 Å². The van der Waals surface area contributed by atoms with Gasteiger partial charge in [0.05, 0.1) is 0 Å². The molecule has 1 aliphatic carbocycles. The maximum atomic E-state index is 12.8. The summed E-state index contributed by atoms with van der Waals surface area (Å²) in [6, 6.07) is 14.7. The fraction of sp³-hybridized carbons (Fsp3) is 0.318. The maximum absolute atomic E-state index is 12.8. The van der Waals surface area contributed by atoms with Crippen molar-refractivity contribution in [2.24, 2.45) is 0 Å². The van der Waals surface area contributed by atoms with Crippen molar-refractivity contribution in [3.8, 4) is 0 Å². The number of amides is 4. The van der Waals surface area contributed by atoms with Crippen molar-refractivity contribution >= 4 is 17.8 Å². The zero-order chi connectivity index (χ0) is 19.7. The van der Waals surface area contributed by atoms with E-state index in [0.717, 1.165) is 35.4 Å². The van der Waals surface area contributed by atoms with Crippen molar-refractivity contribution in [3.05, 3.63) is 70.8 Å². The minimum atomic E-state index is -1.04. The lowest BCUT2D eigenvalue weighted by molar-refractivity contribution is -0.132. The van der Waals surface area contributed by atoms with Gasteiger partial charge in [0.25, 0.3) is 11.8 Å². The summed E-state index contributed by atoms with van der Waals surface area (Å²) in [6.07, 6.45) is 4.18. The lowest BCUT2D eigenvalue weighted by Gasteiger charge is -2.21. The molecule has 2 aliphatic rings. The molecule has 0 saturated carbocycles. The summed E-state index contributed by atoms with van der Waals surface area (Å²) >= 11 is 0. The molecule has 6 heteroatoms. The van der Waals surface area contributed by atoms with E-state index in [1.807, 2.05) is 42.5 Å². The molecule has 1 heterocycles. The van der Waals surface area contributed by atoms with Crippen molar-refractivity contribution in [1.82, 2.24) is 15.8 Å². The molecule has 2 aromatic rings. The van der Waals surface area contributed by atoms with Crippen molar-refractivity contribution in [3.63, 3.8) is 0 Å². The lowest BCUT2D eigenvalue weighted by atomic mass is 9.93. The largest absolute Gasteiger partial charge is 0.344 e. The van der Waals surface area contributed by atoms with E-state index in [-0.39, 0.29) is 0 Å². The van der Waals surface area contributed by atoms with Gasteiger partial charge in [0.1, 0.15) is 5.54 Å². The van der Waals surface area contributed by atoms with Gasteiger partial charge in [-0.1, -0.05) is 36.4 Å². The number of imide groups is 1. The van der Waals surface area contributed by atoms with Crippen LogP contribution < -0.4 is 10.7 Å². The van der Waals surface area contributed by atoms with E-state index in [9.17, 15) is 14.4 Å². The lowest BCUT2D eigenvalue weighted by Crippen LogP contribution is -2.49. The highest BCUT2D eigenvalue weighted by atomic mass is 16.2. The molecule has 144 valence electrons. The van der Waals surface area contributed by atoms with Crippen LogP contribution in [0.2, 0.25) is 0 Å². The molecule has 0 radical (unpaired) electrons. The van der Waals surface area contributed by atoms with Crippen LogP contribution in [0.4, 0.5) is 4.79 Å². The fourth-order valence-corrected chi connectivity index (χ4v) is 3.87. The molecule has 0 spiro atoms. The highest BCUT2D eigenvalue weighted by Crippen LogP contribution is 2.24. The fourth-order valence-electron chi connectivity index (χ4n) is 3.87. The number of carbonyl (C=O) groups excluding carboxylic acids is 3. The predicted octanol–water partition coefficient (Wildman–Crippen LogP) is 2.76. The van der Waals surface area contributed by atoms with Crippen molar-refractivity contribution in [2.45, 2.75) is 44.6 Å². The molecule has 4 amide bonds. The number of aryl methyl sites for hydroxylation is 3. The number of carbonyl (C=O) groups is 3. The van der Waals surface area contributed by atoms with E-state index < -0.39 is 23.4 Å². The Kier molecular flexibility index (Phi) is 4.63. The van der Waals surface area contributed by atoms with Gasteiger partial charge in [-0.05, 0) is 67.9 Å². The maximum Gasteiger partial charge on any atom is 0.344 e. The summed E-state index contributed by atoms with van der Waals surface area (Å²) in [5.74, 6) is -0.895. The highest BCUT2D eigenvalue weighted by Gasteiger charge is 2.48. The quantitative estimate of drug-likeness (QED) is 0.787. The minimum absolute atomic E-state index is 0.442. The number of nitrogens with one attached hydrogen (secondary N) is 2. The summed E-state index contributed by atoms with van der Waals surface area (Å²) in [5.41, 5.74) is 5.40. The first-order valence-corrected chi connectivity index (χ1v) is 9.60. The van der Waals surface area contributed by atoms with Crippen molar-refractivity contribution in [2.75, 3.05) is 0 Å². The van der Waals surface area contributed by atoms with Crippen LogP contribution in [0.5, 0.6) is 0 Å². The van der Waals surface area contributed by atoms with Crippen LogP contribution in [0.3, 0.4) is 0 Å². The van der Waals surface area contributed by atoms with Crippen LogP contribution in [0.15, 0.2) is 48.5 Å². The third-order valence-corrected chi connectivity index (χ3v) is 5.59. The Morgan fingerprint density at radius 1 is 1.11 bits per heavy atom. The number of hydrogen-bond acceptors (Lipinski definition) is 3. The number of urea groups is 1. The van der Waals surface area contributed by atoms with Crippen molar-refractivity contribution < 1.29 is 14.4 Å². The summed E-state index contributed by atoms with van der Waals surface area (Å²) in [6.45, 7) is 1.69. The van der Waals surface area contributed by atoms with Crippen LogP contribution in [0.25, 0.3) is 0 Å². The monoisotopic (exact) mass is 377 g/mol. The van der Waals surface area contributed by atoms with E-state index in [2.05, 4.69) is 10.7 Å². The molecule has 4 rings (SSSR count). The highest BCUT2D eigenvalue weighted by molar-refractivity contribution is 6.09. The molecule has 1 saturated heterocycles. The number of hydrogen-bond donors (Lipinski definition) is 2. The molecule has 0 bridgehead atoms. The average Bonchev–Trinajstić information content (AvgIpc) is 3.25. The van der Waals surface area contributed by atoms with Gasteiger partial charge >= 0.3 is 6.03 Å². The summed E-state index contributed by atoms with van der Waals surface area (Å²) in [5, 5.41) is 3.53. The van der Waals surface area contributed by atoms with Gasteiger partial charge in [0.15, 0.2) is 0 Å². The number of fused-ring (bicyclic) bond motifs is 1. The Bertz CT molecular complexity index is 941. The molecular weight excluding hydrogens is 354 g/mol. The zero-order valence-electron chi connectivity index (χ0n) is 15.8. The van der Waals surface area contributed by atoms with Gasteiger partial charge in [-0.25, -0.2) is 4.79 Å². The standard InChI is InChI=1S/C22H23N3O3/c1-22(13-12-15-6-3-2-4-7-15)20(27)25(21(28)23-22)24-19(26)18-11-10-16-8-5-9-17(16)14-18/h2-4,6-7,10-11,14H,5,8-9,12-13H2,1H3,(H,23,28)(H,24,26)/t22-/m1/s1. The molecule has 6 nitrogen and oxygen atoms in total. The molecule has 2 aromatic carbocycles. The zero-order valence-corrected chi connectivity index (χ0v) is 15.8. The second kappa shape index (κ2) is 7.11. The topological polar surface area (TPSA) is 78.5 Å². The van der Waals surface area contributed by atoms with E-state index in [1.165, 1.54) is 5.56 Å². The van der Waals surface area contributed by atoms with E-state index in [1.54, 1.807) is 13.0 Å². The first-order valence-electron chi connectivity index (χ1n) is 9.60. The number of benzene rings is 2. The Hall–Kier alpha value is -3.15. The average molecular weight is 377 g/mol. The second-order valence-electron chi connectivity index (χ2n) is 7.67. The molecule has 1 fully saturated rings. The van der Waals surface area contributed by atoms with E-state index in [0.29, 0.717) is 18.4 Å². The third-order valence-electron chi connectivity index (χ3n) is 5.59. The van der Waals surface area contributed by atoms with Crippen LogP contribution in [-0.2, 0) is 24.1 Å². The molecular formula is C22H23N3O3. The smallest absolute Gasteiger partial charge is 0.322 e. The molecule has 0 unspecified atom stereocenters. The Morgan fingerprint density at radius 2 is 1.86 bits per heavy atom. The van der Waals surface area contributed by atoms with Crippen LogP contribution >= 0.6 is 0 Å². The third kappa shape index (κ3) is 3.38. The Labute approximate surface area is 163 Å². The summed E-state index contributed by atoms with van der Waals surface area (Å²) in [7, 11) is 0.